The van der Waals surface area contributed by atoms with E-state index in [0.717, 1.165) is 0 Å². The molecule has 1 amide bonds. The molecule has 1 aromatic carbocycles. The Morgan fingerprint density at radius 2 is 2.26 bits per heavy atom. The van der Waals surface area contributed by atoms with E-state index < -0.39 is 6.04 Å². The molecule has 23 heavy (non-hydrogen) atoms. The van der Waals surface area contributed by atoms with Crippen molar-refractivity contribution in [3.63, 3.8) is 0 Å². The molecule has 2 heterocycles. The second kappa shape index (κ2) is 5.98. The molecule has 122 valence electrons. The predicted molar refractivity (Wildman–Crippen MR) is 85.6 cm³/mol. The summed E-state index contributed by atoms with van der Waals surface area (Å²) >= 11 is 0. The predicted octanol–water partition coefficient (Wildman–Crippen LogP) is 1.16. The summed E-state index contributed by atoms with van der Waals surface area (Å²) in [5, 5.41) is 0. The van der Waals surface area contributed by atoms with Crippen molar-refractivity contribution in [2.75, 3.05) is 33.8 Å². The minimum Gasteiger partial charge on any atom is -0.491 e. The Kier molecular flexibility index (Phi) is 4.02. The number of hydrogen-bond acceptors (Lipinski definition) is 4. The topological polar surface area (TPSA) is 57.5 Å². The molecule has 0 saturated carbocycles. The maximum atomic E-state index is 13.6. The van der Waals surface area contributed by atoms with Crippen molar-refractivity contribution in [3.8, 4) is 5.75 Å². The third kappa shape index (κ3) is 3.04. The number of amides is 1. The van der Waals surface area contributed by atoms with Crippen molar-refractivity contribution in [2.24, 2.45) is 9.98 Å². The van der Waals surface area contributed by atoms with E-state index in [4.69, 9.17) is 4.74 Å². The molecule has 2 aliphatic heterocycles. The molecule has 0 unspecified atom stereocenters. The van der Waals surface area contributed by atoms with Gasteiger partial charge in [0.2, 0.25) is 0 Å². The van der Waals surface area contributed by atoms with Crippen LogP contribution in [0.1, 0.15) is 12.5 Å². The number of rotatable bonds is 1. The van der Waals surface area contributed by atoms with Crippen LogP contribution in [0.15, 0.2) is 28.2 Å². The van der Waals surface area contributed by atoms with Gasteiger partial charge in [-0.1, -0.05) is 0 Å². The highest BCUT2D eigenvalue weighted by Crippen LogP contribution is 2.28. The summed E-state index contributed by atoms with van der Waals surface area (Å²) in [6.07, 6.45) is 0. The Bertz CT molecular complexity index is 699. The fraction of sp³-hybridized carbons (Fsp3) is 0.438. The largest absolute Gasteiger partial charge is 0.491 e. The summed E-state index contributed by atoms with van der Waals surface area (Å²) in [7, 11) is 3.66. The number of amidine groups is 2. The molecule has 0 spiro atoms. The quantitative estimate of drug-likeness (QED) is 0.576. The summed E-state index contributed by atoms with van der Waals surface area (Å²) in [5.41, 5.74) is 0.589. The molecule has 2 aliphatic rings. The SMILES string of the molecule is CC(=NC(=O)[C@@H]1CN2CCOc3ccc(F)cc3C2=N1)N(C)C. The van der Waals surface area contributed by atoms with Gasteiger partial charge < -0.3 is 14.5 Å². The lowest BCUT2D eigenvalue weighted by Gasteiger charge is -2.17. The smallest absolute Gasteiger partial charge is 0.274 e. The second-order valence-corrected chi connectivity index (χ2v) is 5.80. The van der Waals surface area contributed by atoms with Gasteiger partial charge in [0.05, 0.1) is 18.7 Å². The van der Waals surface area contributed by atoms with Gasteiger partial charge in [-0.2, -0.15) is 4.99 Å². The standard InChI is InChI=1S/C16H19FN4O2/c1-10(20(2)3)18-16(22)13-9-21-6-7-23-14-5-4-11(17)8-12(14)15(21)19-13/h4-5,8,13H,6-7,9H2,1-3H3/t13-/m0/s1. The third-order valence-corrected chi connectivity index (χ3v) is 3.98. The zero-order valence-electron chi connectivity index (χ0n) is 13.4. The molecular formula is C16H19FN4O2. The van der Waals surface area contributed by atoms with E-state index in [1.165, 1.54) is 12.1 Å². The van der Waals surface area contributed by atoms with Gasteiger partial charge in [0.15, 0.2) is 6.04 Å². The summed E-state index contributed by atoms with van der Waals surface area (Å²) < 4.78 is 19.2. The average molecular weight is 318 g/mol. The first-order valence-corrected chi connectivity index (χ1v) is 7.47. The van der Waals surface area contributed by atoms with Crippen LogP contribution in [0.3, 0.4) is 0 Å². The number of carbonyl (C=O) groups excluding carboxylic acids is 1. The first kappa shape index (κ1) is 15.5. The molecule has 0 bridgehead atoms. The first-order chi connectivity index (χ1) is 11.0. The number of benzene rings is 1. The van der Waals surface area contributed by atoms with Crippen LogP contribution in [0, 0.1) is 5.82 Å². The third-order valence-electron chi connectivity index (χ3n) is 3.98. The molecular weight excluding hydrogens is 299 g/mol. The highest BCUT2D eigenvalue weighted by atomic mass is 19.1. The Balaban J connectivity index is 1.92. The van der Waals surface area contributed by atoms with Gasteiger partial charge in [-0.25, -0.2) is 4.39 Å². The number of fused-ring (bicyclic) bond motifs is 3. The average Bonchev–Trinajstić information content (AvgIpc) is 2.85. The highest BCUT2D eigenvalue weighted by molar-refractivity contribution is 6.06. The summed E-state index contributed by atoms with van der Waals surface area (Å²) in [4.78, 5) is 24.6. The van der Waals surface area contributed by atoms with E-state index in [-0.39, 0.29) is 11.7 Å². The number of aliphatic imine (C=N–C) groups is 2. The molecule has 6 nitrogen and oxygen atoms in total. The molecule has 0 aliphatic carbocycles. The van der Waals surface area contributed by atoms with Gasteiger partial charge >= 0.3 is 0 Å². The van der Waals surface area contributed by atoms with E-state index >= 15 is 0 Å². The molecule has 0 N–H and O–H groups in total. The molecule has 0 fully saturated rings. The fourth-order valence-electron chi connectivity index (χ4n) is 2.54. The van der Waals surface area contributed by atoms with Crippen molar-refractivity contribution in [1.29, 1.82) is 0 Å². The number of carbonyl (C=O) groups is 1. The van der Waals surface area contributed by atoms with E-state index in [1.54, 1.807) is 17.9 Å². The summed E-state index contributed by atoms with van der Waals surface area (Å²) in [6, 6.07) is 3.79. The highest BCUT2D eigenvalue weighted by Gasteiger charge is 2.33. The van der Waals surface area contributed by atoms with E-state index in [0.29, 0.717) is 42.7 Å². The lowest BCUT2D eigenvalue weighted by molar-refractivity contribution is -0.118. The van der Waals surface area contributed by atoms with Crippen molar-refractivity contribution in [2.45, 2.75) is 13.0 Å². The zero-order chi connectivity index (χ0) is 16.6. The van der Waals surface area contributed by atoms with E-state index in [9.17, 15) is 9.18 Å². The molecule has 0 radical (unpaired) electrons. The van der Waals surface area contributed by atoms with Gasteiger partial charge in [0.1, 0.15) is 29.8 Å². The second-order valence-electron chi connectivity index (χ2n) is 5.80. The fourth-order valence-corrected chi connectivity index (χ4v) is 2.54. The van der Waals surface area contributed by atoms with Gasteiger partial charge in [-0.05, 0) is 25.1 Å². The van der Waals surface area contributed by atoms with Crippen molar-refractivity contribution < 1.29 is 13.9 Å². The molecule has 0 aromatic heterocycles. The van der Waals surface area contributed by atoms with Crippen LogP contribution < -0.4 is 4.74 Å². The Morgan fingerprint density at radius 3 is 3.00 bits per heavy atom. The maximum absolute atomic E-state index is 13.6. The van der Waals surface area contributed by atoms with Crippen LogP contribution in [0.4, 0.5) is 4.39 Å². The van der Waals surface area contributed by atoms with Gasteiger partial charge in [0.25, 0.3) is 5.91 Å². The number of ether oxygens (including phenoxy) is 1. The van der Waals surface area contributed by atoms with Crippen molar-refractivity contribution in [3.05, 3.63) is 29.6 Å². The lowest BCUT2D eigenvalue weighted by atomic mass is 10.1. The van der Waals surface area contributed by atoms with Crippen molar-refractivity contribution in [1.82, 2.24) is 9.80 Å². The Hall–Kier alpha value is -2.44. The molecule has 1 atom stereocenters. The molecule has 0 saturated heterocycles. The lowest BCUT2D eigenvalue weighted by Crippen LogP contribution is -2.33. The van der Waals surface area contributed by atoms with Crippen LogP contribution in [0.2, 0.25) is 0 Å². The number of halogens is 1. The normalized spacial score (nSPS) is 20.2. The minimum atomic E-state index is -0.561. The van der Waals surface area contributed by atoms with E-state index in [1.807, 2.05) is 19.0 Å². The maximum Gasteiger partial charge on any atom is 0.274 e. The monoisotopic (exact) mass is 318 g/mol. The van der Waals surface area contributed by atoms with Crippen LogP contribution in [0.25, 0.3) is 0 Å². The van der Waals surface area contributed by atoms with Gasteiger partial charge in [-0.15, -0.1) is 0 Å². The van der Waals surface area contributed by atoms with Crippen molar-refractivity contribution >= 4 is 17.6 Å². The molecule has 7 heteroatoms. The molecule has 1 aromatic rings. The van der Waals surface area contributed by atoms with Crippen LogP contribution in [-0.2, 0) is 4.79 Å². The summed E-state index contributed by atoms with van der Waals surface area (Å²) in [6.45, 7) is 3.29. The number of hydrogen-bond donors (Lipinski definition) is 0. The Labute approximate surface area is 134 Å². The van der Waals surface area contributed by atoms with Crippen LogP contribution >= 0.6 is 0 Å². The van der Waals surface area contributed by atoms with Crippen LogP contribution in [0.5, 0.6) is 5.75 Å². The zero-order valence-corrected chi connectivity index (χ0v) is 13.4. The number of nitrogens with zero attached hydrogens (tertiary/aromatic N) is 4. The van der Waals surface area contributed by atoms with Gasteiger partial charge in [0, 0.05) is 14.1 Å². The van der Waals surface area contributed by atoms with Gasteiger partial charge in [-0.3, -0.25) is 9.79 Å². The first-order valence-electron chi connectivity index (χ1n) is 7.47. The Morgan fingerprint density at radius 1 is 1.48 bits per heavy atom. The molecule has 3 rings (SSSR count). The minimum absolute atomic E-state index is 0.282. The summed E-state index contributed by atoms with van der Waals surface area (Å²) in [5.74, 6) is 1.19. The van der Waals surface area contributed by atoms with E-state index in [2.05, 4.69) is 9.98 Å². The van der Waals surface area contributed by atoms with Crippen LogP contribution in [-0.4, -0.2) is 67.2 Å².